The Labute approximate surface area is 207 Å². The third-order valence-corrected chi connectivity index (χ3v) is 6.77. The van der Waals surface area contributed by atoms with Gasteiger partial charge < -0.3 is 9.64 Å². The van der Waals surface area contributed by atoms with Crippen LogP contribution in [0.25, 0.3) is 38.9 Å². The minimum Gasteiger partial charge on any atom is -0.474 e. The highest BCUT2D eigenvalue weighted by Crippen LogP contribution is 2.32. The number of likely N-dealkylation sites (tertiary alicyclic amines) is 1. The third-order valence-electron chi connectivity index (χ3n) is 6.77. The Morgan fingerprint density at radius 2 is 1.78 bits per heavy atom. The van der Waals surface area contributed by atoms with Gasteiger partial charge in [-0.1, -0.05) is 0 Å². The molecule has 0 aliphatic carbocycles. The Morgan fingerprint density at radius 3 is 2.56 bits per heavy atom. The maximum atomic E-state index is 14.4. The monoisotopic (exact) mass is 485 g/mol. The average molecular weight is 486 g/mol. The van der Waals surface area contributed by atoms with E-state index in [0.717, 1.165) is 48.8 Å². The summed E-state index contributed by atoms with van der Waals surface area (Å²) in [5, 5.41) is 0.411. The standard InChI is InChI=1S/C28H25F2N5O/c1-17-11-22(23-13-20(29)14-24(30)28(23)33-17)25-16-31-26-12-18(5-10-35(25)26)19-3-4-27(32-15-19)36-21-6-8-34(2)9-7-21/h3-5,10-16,21H,6-9H2,1-2H3. The van der Waals surface area contributed by atoms with Crippen molar-refractivity contribution >= 4 is 16.6 Å². The lowest BCUT2D eigenvalue weighted by atomic mass is 10.0. The molecular formula is C28H25F2N5O. The summed E-state index contributed by atoms with van der Waals surface area (Å²) in [5.41, 5.74) is 4.83. The summed E-state index contributed by atoms with van der Waals surface area (Å²) in [6.45, 7) is 3.86. The lowest BCUT2D eigenvalue weighted by Gasteiger charge is -2.28. The molecule has 0 atom stereocenters. The van der Waals surface area contributed by atoms with Gasteiger partial charge in [-0.2, -0.15) is 0 Å². The minimum atomic E-state index is -0.679. The van der Waals surface area contributed by atoms with Gasteiger partial charge in [-0.25, -0.2) is 23.7 Å². The Balaban J connectivity index is 1.31. The molecule has 0 radical (unpaired) electrons. The van der Waals surface area contributed by atoms with E-state index in [9.17, 15) is 8.78 Å². The molecule has 182 valence electrons. The summed E-state index contributed by atoms with van der Waals surface area (Å²) >= 11 is 0. The molecule has 1 aromatic carbocycles. The molecule has 1 saturated heterocycles. The highest BCUT2D eigenvalue weighted by atomic mass is 19.1. The summed E-state index contributed by atoms with van der Waals surface area (Å²) in [5.74, 6) is -0.683. The zero-order valence-electron chi connectivity index (χ0n) is 20.1. The number of imidazole rings is 1. The van der Waals surface area contributed by atoms with Gasteiger partial charge in [0.15, 0.2) is 5.82 Å². The largest absolute Gasteiger partial charge is 0.474 e. The van der Waals surface area contributed by atoms with Crippen LogP contribution in [0.3, 0.4) is 0 Å². The summed E-state index contributed by atoms with van der Waals surface area (Å²) in [6.07, 6.45) is 7.65. The number of pyridine rings is 3. The molecule has 6 rings (SSSR count). The SMILES string of the molecule is Cc1cc(-c2cnc3cc(-c4ccc(OC5CCN(C)CC5)nc4)ccn23)c2cc(F)cc(F)c2n1. The topological polar surface area (TPSA) is 55.5 Å². The zero-order valence-corrected chi connectivity index (χ0v) is 20.1. The lowest BCUT2D eigenvalue weighted by Crippen LogP contribution is -2.35. The molecule has 1 aliphatic rings. The number of fused-ring (bicyclic) bond motifs is 2. The Bertz CT molecular complexity index is 1570. The van der Waals surface area contributed by atoms with Crippen molar-refractivity contribution in [2.45, 2.75) is 25.9 Å². The van der Waals surface area contributed by atoms with Crippen LogP contribution in [0.2, 0.25) is 0 Å². The fraction of sp³-hybridized carbons (Fsp3) is 0.250. The van der Waals surface area contributed by atoms with Gasteiger partial charge >= 0.3 is 0 Å². The molecule has 5 heterocycles. The fourth-order valence-corrected chi connectivity index (χ4v) is 4.85. The number of piperidine rings is 1. The molecule has 1 fully saturated rings. The maximum absolute atomic E-state index is 14.4. The van der Waals surface area contributed by atoms with Crippen LogP contribution < -0.4 is 4.74 Å². The first kappa shape index (κ1) is 22.5. The van der Waals surface area contributed by atoms with Gasteiger partial charge in [0, 0.05) is 59.8 Å². The smallest absolute Gasteiger partial charge is 0.213 e. The molecule has 5 aromatic rings. The first-order valence-electron chi connectivity index (χ1n) is 12.0. The van der Waals surface area contributed by atoms with Gasteiger partial charge in [-0.3, -0.25) is 4.40 Å². The van der Waals surface area contributed by atoms with E-state index in [4.69, 9.17) is 4.74 Å². The fourth-order valence-electron chi connectivity index (χ4n) is 4.85. The third kappa shape index (κ3) is 4.18. The van der Waals surface area contributed by atoms with Crippen LogP contribution in [0.5, 0.6) is 5.88 Å². The van der Waals surface area contributed by atoms with Gasteiger partial charge in [-0.15, -0.1) is 0 Å². The first-order valence-corrected chi connectivity index (χ1v) is 12.0. The molecule has 6 nitrogen and oxygen atoms in total. The van der Waals surface area contributed by atoms with Crippen LogP contribution in [-0.2, 0) is 0 Å². The van der Waals surface area contributed by atoms with Gasteiger partial charge in [0.05, 0.1) is 11.9 Å². The number of hydrogen-bond donors (Lipinski definition) is 0. The number of aryl methyl sites for hydroxylation is 1. The number of ether oxygens (including phenoxy) is 1. The van der Waals surface area contributed by atoms with Crippen LogP contribution in [-0.4, -0.2) is 50.5 Å². The first-order chi connectivity index (χ1) is 17.4. The quantitative estimate of drug-likeness (QED) is 0.328. The number of hydrogen-bond acceptors (Lipinski definition) is 5. The minimum absolute atomic E-state index is 0.145. The van der Waals surface area contributed by atoms with E-state index in [2.05, 4.69) is 26.9 Å². The van der Waals surface area contributed by atoms with Crippen molar-refractivity contribution in [1.29, 1.82) is 0 Å². The Kier molecular flexibility index (Phi) is 5.60. The van der Waals surface area contributed by atoms with E-state index >= 15 is 0 Å². The predicted molar refractivity (Wildman–Crippen MR) is 135 cm³/mol. The van der Waals surface area contributed by atoms with Crippen molar-refractivity contribution in [3.63, 3.8) is 0 Å². The number of benzene rings is 1. The second-order valence-corrected chi connectivity index (χ2v) is 9.39. The predicted octanol–water partition coefficient (Wildman–Crippen LogP) is 5.67. The normalized spacial score (nSPS) is 15.1. The van der Waals surface area contributed by atoms with Crippen molar-refractivity contribution in [2.75, 3.05) is 20.1 Å². The van der Waals surface area contributed by atoms with Crippen LogP contribution in [0.15, 0.2) is 61.1 Å². The number of nitrogens with zero attached hydrogens (tertiary/aromatic N) is 5. The van der Waals surface area contributed by atoms with Crippen molar-refractivity contribution in [3.8, 4) is 28.3 Å². The Morgan fingerprint density at radius 1 is 0.944 bits per heavy atom. The van der Waals surface area contributed by atoms with Gasteiger partial charge in [-0.05, 0) is 62.7 Å². The lowest BCUT2D eigenvalue weighted by molar-refractivity contribution is 0.110. The summed E-state index contributed by atoms with van der Waals surface area (Å²) in [7, 11) is 2.13. The van der Waals surface area contributed by atoms with Gasteiger partial charge in [0.25, 0.3) is 0 Å². The van der Waals surface area contributed by atoms with Crippen molar-refractivity contribution in [1.82, 2.24) is 24.3 Å². The molecule has 0 unspecified atom stereocenters. The number of halogens is 2. The number of rotatable bonds is 4. The molecule has 0 bridgehead atoms. The van der Waals surface area contributed by atoms with E-state index in [0.29, 0.717) is 28.2 Å². The van der Waals surface area contributed by atoms with Crippen LogP contribution >= 0.6 is 0 Å². The molecule has 0 amide bonds. The molecule has 8 heteroatoms. The van der Waals surface area contributed by atoms with Crippen LogP contribution in [0, 0.1) is 18.6 Å². The molecule has 0 spiro atoms. The molecule has 0 saturated carbocycles. The van der Waals surface area contributed by atoms with Gasteiger partial charge in [0.1, 0.15) is 23.1 Å². The molecule has 1 aliphatic heterocycles. The van der Waals surface area contributed by atoms with Crippen LogP contribution in [0.1, 0.15) is 18.5 Å². The summed E-state index contributed by atoms with van der Waals surface area (Å²) in [4.78, 5) is 15.7. The van der Waals surface area contributed by atoms with E-state index in [1.165, 1.54) is 6.07 Å². The van der Waals surface area contributed by atoms with Gasteiger partial charge in [0.2, 0.25) is 5.88 Å². The van der Waals surface area contributed by atoms with Crippen molar-refractivity contribution in [3.05, 3.63) is 78.4 Å². The molecule has 4 aromatic heterocycles. The second-order valence-electron chi connectivity index (χ2n) is 9.39. The van der Waals surface area contributed by atoms with E-state index in [1.807, 2.05) is 47.1 Å². The van der Waals surface area contributed by atoms with Crippen LogP contribution in [0.4, 0.5) is 8.78 Å². The molecule has 0 N–H and O–H groups in total. The summed E-state index contributed by atoms with van der Waals surface area (Å²) < 4.78 is 36.5. The summed E-state index contributed by atoms with van der Waals surface area (Å²) in [6, 6.07) is 11.8. The molecule has 36 heavy (non-hydrogen) atoms. The maximum Gasteiger partial charge on any atom is 0.213 e. The van der Waals surface area contributed by atoms with Crippen molar-refractivity contribution in [2.24, 2.45) is 0 Å². The van der Waals surface area contributed by atoms with Crippen molar-refractivity contribution < 1.29 is 13.5 Å². The second kappa shape index (κ2) is 8.95. The average Bonchev–Trinajstić information content (AvgIpc) is 3.29. The molecular weight excluding hydrogens is 460 g/mol. The highest BCUT2D eigenvalue weighted by Gasteiger charge is 2.19. The highest BCUT2D eigenvalue weighted by molar-refractivity contribution is 5.94. The zero-order chi connectivity index (χ0) is 24.8. The van der Waals surface area contributed by atoms with E-state index in [1.54, 1.807) is 13.1 Å². The Hall–Kier alpha value is -3.91. The van der Waals surface area contributed by atoms with E-state index in [-0.39, 0.29) is 11.6 Å². The van der Waals surface area contributed by atoms with E-state index < -0.39 is 11.6 Å². The number of aromatic nitrogens is 4.